The number of hydrogen-bond acceptors (Lipinski definition) is 1. The van der Waals surface area contributed by atoms with Gasteiger partial charge in [0.05, 0.1) is 0 Å². The Kier molecular flexibility index (Phi) is 2.84. The van der Waals surface area contributed by atoms with Crippen LogP contribution in [0.3, 0.4) is 0 Å². The van der Waals surface area contributed by atoms with Crippen LogP contribution in [-0.2, 0) is 0 Å². The van der Waals surface area contributed by atoms with E-state index in [0.29, 0.717) is 10.7 Å². The average molecular weight is 236 g/mol. The first kappa shape index (κ1) is 11.0. The van der Waals surface area contributed by atoms with E-state index in [-0.39, 0.29) is 5.82 Å². The third-order valence-corrected chi connectivity index (χ3v) is 2.80. The van der Waals surface area contributed by atoms with Crippen LogP contribution < -0.4 is 5.73 Å². The summed E-state index contributed by atoms with van der Waals surface area (Å²) in [5.74, 6) is -0.249. The van der Waals surface area contributed by atoms with E-state index in [0.717, 1.165) is 16.7 Å². The highest BCUT2D eigenvalue weighted by Gasteiger charge is 2.07. The van der Waals surface area contributed by atoms with Gasteiger partial charge in [-0.3, -0.25) is 0 Å². The van der Waals surface area contributed by atoms with Gasteiger partial charge in [0.1, 0.15) is 5.82 Å². The molecule has 0 heterocycles. The lowest BCUT2D eigenvalue weighted by molar-refractivity contribution is 0.627. The second kappa shape index (κ2) is 4.14. The molecule has 16 heavy (non-hydrogen) atoms. The highest BCUT2D eigenvalue weighted by molar-refractivity contribution is 6.33. The second-order valence-electron chi connectivity index (χ2n) is 3.70. The summed E-state index contributed by atoms with van der Waals surface area (Å²) in [5.41, 5.74) is 8.93. The molecule has 0 aliphatic carbocycles. The molecule has 0 atom stereocenters. The van der Waals surface area contributed by atoms with Crippen LogP contribution in [0.4, 0.5) is 10.1 Å². The van der Waals surface area contributed by atoms with Crippen LogP contribution in [0.2, 0.25) is 5.02 Å². The first-order valence-corrected chi connectivity index (χ1v) is 5.27. The number of anilines is 1. The van der Waals surface area contributed by atoms with Crippen molar-refractivity contribution in [3.63, 3.8) is 0 Å². The zero-order chi connectivity index (χ0) is 11.7. The largest absolute Gasteiger partial charge is 0.399 e. The molecule has 0 aliphatic heterocycles. The first-order valence-electron chi connectivity index (χ1n) is 4.89. The van der Waals surface area contributed by atoms with Gasteiger partial charge in [0.15, 0.2) is 0 Å². The minimum Gasteiger partial charge on any atom is -0.399 e. The van der Waals surface area contributed by atoms with Crippen molar-refractivity contribution in [3.8, 4) is 11.1 Å². The molecule has 2 aromatic carbocycles. The molecule has 3 heteroatoms. The Morgan fingerprint density at radius 2 is 1.81 bits per heavy atom. The summed E-state index contributed by atoms with van der Waals surface area (Å²) in [5, 5.41) is 0.615. The Bertz CT molecular complexity index is 537. The third-order valence-electron chi connectivity index (χ3n) is 2.47. The van der Waals surface area contributed by atoms with E-state index in [9.17, 15) is 4.39 Å². The molecule has 0 amide bonds. The molecule has 0 fully saturated rings. The van der Waals surface area contributed by atoms with Crippen LogP contribution in [0.1, 0.15) is 5.56 Å². The summed E-state index contributed by atoms with van der Waals surface area (Å²) in [6.07, 6.45) is 0. The van der Waals surface area contributed by atoms with Crippen LogP contribution in [0.15, 0.2) is 36.4 Å². The Morgan fingerprint density at radius 3 is 2.50 bits per heavy atom. The summed E-state index contributed by atoms with van der Waals surface area (Å²) in [6, 6.07) is 9.89. The van der Waals surface area contributed by atoms with Crippen LogP contribution in [-0.4, -0.2) is 0 Å². The van der Waals surface area contributed by atoms with Crippen LogP contribution >= 0.6 is 11.6 Å². The predicted octanol–water partition coefficient (Wildman–Crippen LogP) is 4.04. The molecule has 0 bridgehead atoms. The van der Waals surface area contributed by atoms with Gasteiger partial charge in [-0.15, -0.1) is 0 Å². The van der Waals surface area contributed by atoms with E-state index in [2.05, 4.69) is 0 Å². The van der Waals surface area contributed by atoms with Crippen LogP contribution in [0.25, 0.3) is 11.1 Å². The fraction of sp³-hybridized carbons (Fsp3) is 0.0769. The molecule has 1 nitrogen and oxygen atoms in total. The Morgan fingerprint density at radius 1 is 1.06 bits per heavy atom. The molecule has 0 aliphatic rings. The molecule has 0 unspecified atom stereocenters. The molecule has 82 valence electrons. The lowest BCUT2D eigenvalue weighted by Crippen LogP contribution is -1.89. The molecule has 0 saturated heterocycles. The lowest BCUT2D eigenvalue weighted by Gasteiger charge is -2.09. The Hall–Kier alpha value is -1.54. The fourth-order valence-corrected chi connectivity index (χ4v) is 1.90. The molecular weight excluding hydrogens is 225 g/mol. The summed E-state index contributed by atoms with van der Waals surface area (Å²) in [6.45, 7) is 1.85. The van der Waals surface area contributed by atoms with Crippen molar-refractivity contribution >= 4 is 17.3 Å². The maximum absolute atomic E-state index is 13.0. The van der Waals surface area contributed by atoms with Gasteiger partial charge in [0.25, 0.3) is 0 Å². The van der Waals surface area contributed by atoms with Gasteiger partial charge in [-0.2, -0.15) is 0 Å². The lowest BCUT2D eigenvalue weighted by atomic mass is 10.00. The third kappa shape index (κ3) is 2.02. The van der Waals surface area contributed by atoms with E-state index in [1.807, 2.05) is 6.92 Å². The SMILES string of the molecule is Cc1cc(F)ccc1-c1cc(N)ccc1Cl. The minimum atomic E-state index is -0.249. The van der Waals surface area contributed by atoms with Crippen molar-refractivity contribution in [2.24, 2.45) is 0 Å². The van der Waals surface area contributed by atoms with Gasteiger partial charge in [0.2, 0.25) is 0 Å². The van der Waals surface area contributed by atoms with Gasteiger partial charge < -0.3 is 5.73 Å². The van der Waals surface area contributed by atoms with Crippen molar-refractivity contribution < 1.29 is 4.39 Å². The van der Waals surface area contributed by atoms with Crippen molar-refractivity contribution in [1.29, 1.82) is 0 Å². The normalized spacial score (nSPS) is 10.4. The number of halogens is 2. The van der Waals surface area contributed by atoms with E-state index in [1.165, 1.54) is 12.1 Å². The summed E-state index contributed by atoms with van der Waals surface area (Å²) in [4.78, 5) is 0. The zero-order valence-corrected chi connectivity index (χ0v) is 9.55. The van der Waals surface area contributed by atoms with Gasteiger partial charge in [-0.25, -0.2) is 4.39 Å². The number of rotatable bonds is 1. The number of aryl methyl sites for hydroxylation is 1. The van der Waals surface area contributed by atoms with Gasteiger partial charge in [-0.05, 0) is 48.4 Å². The van der Waals surface area contributed by atoms with Gasteiger partial charge >= 0.3 is 0 Å². The smallest absolute Gasteiger partial charge is 0.123 e. The Labute approximate surface area is 98.7 Å². The van der Waals surface area contributed by atoms with Crippen LogP contribution in [0, 0.1) is 12.7 Å². The molecule has 0 spiro atoms. The van der Waals surface area contributed by atoms with E-state index in [4.69, 9.17) is 17.3 Å². The number of nitrogens with two attached hydrogens (primary N) is 1. The predicted molar refractivity (Wildman–Crippen MR) is 66.0 cm³/mol. The maximum atomic E-state index is 13.0. The zero-order valence-electron chi connectivity index (χ0n) is 8.80. The molecule has 2 N–H and O–H groups in total. The molecule has 2 rings (SSSR count). The van der Waals surface area contributed by atoms with Crippen molar-refractivity contribution in [2.45, 2.75) is 6.92 Å². The molecule has 0 radical (unpaired) electrons. The Balaban J connectivity index is 2.62. The average Bonchev–Trinajstić information content (AvgIpc) is 2.22. The summed E-state index contributed by atoms with van der Waals surface area (Å²) < 4.78 is 13.0. The highest BCUT2D eigenvalue weighted by Crippen LogP contribution is 2.32. The summed E-state index contributed by atoms with van der Waals surface area (Å²) in [7, 11) is 0. The van der Waals surface area contributed by atoms with Crippen molar-refractivity contribution in [3.05, 3.63) is 52.8 Å². The second-order valence-corrected chi connectivity index (χ2v) is 4.11. The molecular formula is C13H11ClFN. The standard InChI is InChI=1S/C13H11ClFN/c1-8-6-9(15)2-4-11(8)12-7-10(16)3-5-13(12)14/h2-7H,16H2,1H3. The quantitative estimate of drug-likeness (QED) is 0.742. The summed E-state index contributed by atoms with van der Waals surface area (Å²) >= 11 is 6.09. The molecule has 0 aromatic heterocycles. The van der Waals surface area contributed by atoms with E-state index >= 15 is 0 Å². The number of hydrogen-bond donors (Lipinski definition) is 1. The highest BCUT2D eigenvalue weighted by atomic mass is 35.5. The molecule has 0 saturated carbocycles. The maximum Gasteiger partial charge on any atom is 0.123 e. The fourth-order valence-electron chi connectivity index (χ4n) is 1.68. The topological polar surface area (TPSA) is 26.0 Å². The molecule has 2 aromatic rings. The monoisotopic (exact) mass is 235 g/mol. The first-order chi connectivity index (χ1) is 7.58. The minimum absolute atomic E-state index is 0.249. The van der Waals surface area contributed by atoms with Gasteiger partial charge in [0, 0.05) is 16.3 Å². The van der Waals surface area contributed by atoms with E-state index < -0.39 is 0 Å². The van der Waals surface area contributed by atoms with Crippen molar-refractivity contribution in [2.75, 3.05) is 5.73 Å². The van der Waals surface area contributed by atoms with Crippen LogP contribution in [0.5, 0.6) is 0 Å². The van der Waals surface area contributed by atoms with Crippen molar-refractivity contribution in [1.82, 2.24) is 0 Å². The van der Waals surface area contributed by atoms with Gasteiger partial charge in [-0.1, -0.05) is 17.7 Å². The number of benzene rings is 2. The van der Waals surface area contributed by atoms with E-state index in [1.54, 1.807) is 24.3 Å². The number of nitrogen functional groups attached to an aromatic ring is 1.